The van der Waals surface area contributed by atoms with Crippen LogP contribution in [0.2, 0.25) is 0 Å². The zero-order valence-electron chi connectivity index (χ0n) is 14.8. The quantitative estimate of drug-likeness (QED) is 0.628. The third-order valence-corrected chi connectivity index (χ3v) is 4.57. The van der Waals surface area contributed by atoms with Crippen LogP contribution < -0.4 is 0 Å². The van der Waals surface area contributed by atoms with Gasteiger partial charge in [0.2, 0.25) is 0 Å². The van der Waals surface area contributed by atoms with E-state index in [-0.39, 0.29) is 0 Å². The molecule has 2 aliphatic rings. The van der Waals surface area contributed by atoms with Crippen LogP contribution in [0.4, 0.5) is 0 Å². The number of carbonyl (C=O) groups is 1. The van der Waals surface area contributed by atoms with E-state index < -0.39 is 5.97 Å². The molecule has 2 heteroatoms. The van der Waals surface area contributed by atoms with E-state index in [0.717, 1.165) is 11.1 Å². The molecule has 1 aromatic rings. The van der Waals surface area contributed by atoms with Crippen molar-refractivity contribution >= 4 is 18.1 Å². The summed E-state index contributed by atoms with van der Waals surface area (Å²) in [6, 6.07) is 17.9. The number of rotatable bonds is 4. The van der Waals surface area contributed by atoms with Gasteiger partial charge < -0.3 is 5.11 Å². The lowest BCUT2D eigenvalue weighted by molar-refractivity contribution is 0.0697. The van der Waals surface area contributed by atoms with Crippen molar-refractivity contribution in [3.05, 3.63) is 82.4 Å². The molecule has 25 heavy (non-hydrogen) atoms. The van der Waals surface area contributed by atoms with Crippen molar-refractivity contribution < 1.29 is 9.90 Å². The molecule has 0 aromatic heterocycles. The lowest BCUT2D eigenvalue weighted by Crippen LogP contribution is -1.94. The first kappa shape index (κ1) is 17.0. The molecule has 2 nitrogen and oxygen atoms in total. The lowest BCUT2D eigenvalue weighted by atomic mass is 10.0. The van der Waals surface area contributed by atoms with Crippen LogP contribution in [0.15, 0.2) is 54.6 Å². The van der Waals surface area contributed by atoms with E-state index in [1.807, 2.05) is 18.2 Å². The van der Waals surface area contributed by atoms with E-state index in [0.29, 0.717) is 11.5 Å². The first-order valence-corrected chi connectivity index (χ1v) is 8.50. The van der Waals surface area contributed by atoms with E-state index in [9.17, 15) is 4.79 Å². The van der Waals surface area contributed by atoms with Gasteiger partial charge in [-0.3, -0.25) is 0 Å². The summed E-state index contributed by atoms with van der Waals surface area (Å²) in [4.78, 5) is 10.9. The molecule has 3 rings (SSSR count). The number of carboxylic acid groups (broad SMARTS) is 1. The van der Waals surface area contributed by atoms with Crippen molar-refractivity contribution in [2.75, 3.05) is 0 Å². The molecule has 1 N–H and O–H groups in total. The van der Waals surface area contributed by atoms with Crippen LogP contribution in [0, 0.1) is 6.92 Å². The molecule has 2 aliphatic carbocycles. The van der Waals surface area contributed by atoms with Gasteiger partial charge >= 0.3 is 5.97 Å². The Morgan fingerprint density at radius 3 is 2.28 bits per heavy atom. The van der Waals surface area contributed by atoms with Gasteiger partial charge in [-0.15, -0.1) is 0 Å². The fraction of sp³-hybridized carbons (Fsp3) is 0.174. The molecule has 0 atom stereocenters. The standard InChI is InChI=1S/C23H22O2/c1-15(2)20-12-11-18(21-13-4-16(3)22(21)14-20)8-5-17-6-9-19(10-7-17)23(24)25/h4-15H,1-3H3,(H,24,25)/b8-5+. The Bertz CT molecular complexity index is 902. The highest BCUT2D eigenvalue weighted by Crippen LogP contribution is 2.33. The molecule has 0 fully saturated rings. The predicted molar refractivity (Wildman–Crippen MR) is 104 cm³/mol. The van der Waals surface area contributed by atoms with E-state index in [2.05, 4.69) is 57.2 Å². The second-order valence-corrected chi connectivity index (χ2v) is 6.69. The molecule has 0 spiro atoms. The van der Waals surface area contributed by atoms with Crippen LogP contribution in [-0.4, -0.2) is 11.1 Å². The number of aryl methyl sites for hydroxylation is 1. The summed E-state index contributed by atoms with van der Waals surface area (Å²) in [6.07, 6.45) is 4.12. The first-order valence-electron chi connectivity index (χ1n) is 8.50. The minimum absolute atomic E-state index is 0.305. The van der Waals surface area contributed by atoms with Gasteiger partial charge in [0, 0.05) is 0 Å². The summed E-state index contributed by atoms with van der Waals surface area (Å²) in [6.45, 7) is 6.56. The monoisotopic (exact) mass is 330 g/mol. The SMILES string of the molecule is Cc1ccc2c(/C=C/c3ccc(C(=O)O)cc3)ccc(C(C)C)cc1-2. The van der Waals surface area contributed by atoms with Gasteiger partial charge in [-0.25, -0.2) is 4.79 Å². The lowest BCUT2D eigenvalue weighted by Gasteiger charge is -2.03. The van der Waals surface area contributed by atoms with Gasteiger partial charge in [0.25, 0.3) is 0 Å². The second kappa shape index (κ2) is 6.94. The third-order valence-electron chi connectivity index (χ3n) is 4.57. The Balaban J connectivity index is 1.99. The highest BCUT2D eigenvalue weighted by Gasteiger charge is 2.11. The van der Waals surface area contributed by atoms with Gasteiger partial charge in [0.15, 0.2) is 0 Å². The Hall–Kier alpha value is -2.87. The van der Waals surface area contributed by atoms with Crippen molar-refractivity contribution in [2.24, 2.45) is 0 Å². The molecule has 0 unspecified atom stereocenters. The van der Waals surface area contributed by atoms with Crippen LogP contribution in [0.25, 0.3) is 23.3 Å². The normalized spacial score (nSPS) is 11.5. The Morgan fingerprint density at radius 1 is 0.920 bits per heavy atom. The number of hydrogen-bond donors (Lipinski definition) is 1. The summed E-state index contributed by atoms with van der Waals surface area (Å²) in [5.41, 5.74) is 7.59. The predicted octanol–water partition coefficient (Wildman–Crippen LogP) is 6.09. The van der Waals surface area contributed by atoms with Crippen molar-refractivity contribution in [1.29, 1.82) is 0 Å². The Morgan fingerprint density at radius 2 is 1.64 bits per heavy atom. The number of benzene rings is 1. The van der Waals surface area contributed by atoms with E-state index >= 15 is 0 Å². The molecular weight excluding hydrogens is 308 g/mol. The van der Waals surface area contributed by atoms with Crippen molar-refractivity contribution in [2.45, 2.75) is 26.7 Å². The van der Waals surface area contributed by atoms with Crippen LogP contribution in [-0.2, 0) is 0 Å². The van der Waals surface area contributed by atoms with Gasteiger partial charge in [0.1, 0.15) is 0 Å². The smallest absolute Gasteiger partial charge is 0.335 e. The fourth-order valence-electron chi connectivity index (χ4n) is 2.96. The number of fused-ring (bicyclic) bond motifs is 1. The average molecular weight is 330 g/mol. The minimum Gasteiger partial charge on any atom is -0.478 e. The topological polar surface area (TPSA) is 37.3 Å². The number of aromatic carboxylic acids is 1. The maximum absolute atomic E-state index is 10.9. The molecule has 0 aliphatic heterocycles. The zero-order valence-corrected chi connectivity index (χ0v) is 14.8. The Kier molecular flexibility index (Phi) is 4.71. The van der Waals surface area contributed by atoms with Crippen molar-refractivity contribution in [3.63, 3.8) is 0 Å². The summed E-state index contributed by atoms with van der Waals surface area (Å²) >= 11 is 0. The van der Waals surface area contributed by atoms with Crippen LogP contribution in [0.1, 0.15) is 52.4 Å². The van der Waals surface area contributed by atoms with Crippen molar-refractivity contribution in [3.8, 4) is 11.1 Å². The molecular formula is C23H22O2. The minimum atomic E-state index is -0.902. The van der Waals surface area contributed by atoms with E-state index in [1.165, 1.54) is 22.3 Å². The summed E-state index contributed by atoms with van der Waals surface area (Å²) in [5.74, 6) is -0.425. The molecule has 1 aromatic carbocycles. The second-order valence-electron chi connectivity index (χ2n) is 6.69. The summed E-state index contributed by atoms with van der Waals surface area (Å²) < 4.78 is 0. The maximum Gasteiger partial charge on any atom is 0.335 e. The van der Waals surface area contributed by atoms with Gasteiger partial charge in [-0.05, 0) is 58.4 Å². The largest absolute Gasteiger partial charge is 0.478 e. The average Bonchev–Trinajstić information content (AvgIpc) is 2.84. The fourth-order valence-corrected chi connectivity index (χ4v) is 2.96. The maximum atomic E-state index is 10.9. The highest BCUT2D eigenvalue weighted by atomic mass is 16.4. The third kappa shape index (κ3) is 3.63. The Labute approximate surface area is 148 Å². The molecule has 126 valence electrons. The van der Waals surface area contributed by atoms with Gasteiger partial charge in [-0.1, -0.05) is 68.5 Å². The summed E-state index contributed by atoms with van der Waals surface area (Å²) in [7, 11) is 0. The van der Waals surface area contributed by atoms with Crippen LogP contribution in [0.3, 0.4) is 0 Å². The number of hydrogen-bond acceptors (Lipinski definition) is 1. The van der Waals surface area contributed by atoms with Gasteiger partial charge in [0.05, 0.1) is 5.56 Å². The summed E-state index contributed by atoms with van der Waals surface area (Å²) in [5, 5.41) is 8.98. The highest BCUT2D eigenvalue weighted by molar-refractivity contribution is 5.88. The molecule has 0 saturated carbocycles. The van der Waals surface area contributed by atoms with E-state index in [1.54, 1.807) is 12.1 Å². The van der Waals surface area contributed by atoms with Crippen LogP contribution >= 0.6 is 0 Å². The molecule has 0 bridgehead atoms. The molecule has 0 heterocycles. The van der Waals surface area contributed by atoms with Crippen molar-refractivity contribution in [1.82, 2.24) is 0 Å². The molecule has 0 saturated heterocycles. The molecule has 0 amide bonds. The van der Waals surface area contributed by atoms with Crippen LogP contribution in [0.5, 0.6) is 0 Å². The van der Waals surface area contributed by atoms with E-state index in [4.69, 9.17) is 5.11 Å². The first-order chi connectivity index (χ1) is 12.0. The molecule has 0 radical (unpaired) electrons. The van der Waals surface area contributed by atoms with Gasteiger partial charge in [-0.2, -0.15) is 0 Å². The number of carboxylic acids is 1. The zero-order chi connectivity index (χ0) is 18.0.